The molecular formula is C33H51N5O4S. The van der Waals surface area contributed by atoms with E-state index in [1.165, 1.54) is 24.2 Å². The number of carbonyl (C=O) groups excluding carboxylic acids is 3. The molecule has 3 amide bonds. The van der Waals surface area contributed by atoms with Crippen LogP contribution in [0, 0.1) is 12.3 Å². The van der Waals surface area contributed by atoms with Crippen LogP contribution in [0.4, 0.5) is 0 Å². The number of amides is 3. The fourth-order valence-electron chi connectivity index (χ4n) is 5.50. The van der Waals surface area contributed by atoms with Gasteiger partial charge in [0.25, 0.3) is 0 Å². The van der Waals surface area contributed by atoms with Gasteiger partial charge in [-0.3, -0.25) is 14.4 Å². The fourth-order valence-corrected chi connectivity index (χ4v) is 6.32. The van der Waals surface area contributed by atoms with Gasteiger partial charge in [0.2, 0.25) is 17.7 Å². The van der Waals surface area contributed by atoms with Crippen molar-refractivity contribution in [3.05, 3.63) is 41.0 Å². The van der Waals surface area contributed by atoms with Gasteiger partial charge in [0.15, 0.2) is 0 Å². The number of benzene rings is 1. The summed E-state index contributed by atoms with van der Waals surface area (Å²) in [6, 6.07) is 6.36. The first-order valence-corrected chi connectivity index (χ1v) is 16.6. The Morgan fingerprint density at radius 1 is 1.05 bits per heavy atom. The van der Waals surface area contributed by atoms with Gasteiger partial charge in [-0.15, -0.1) is 11.3 Å². The molecule has 1 aliphatic rings. The monoisotopic (exact) mass is 613 g/mol. The lowest BCUT2D eigenvalue weighted by Crippen LogP contribution is -2.57. The number of thiazole rings is 1. The van der Waals surface area contributed by atoms with E-state index < -0.39 is 23.6 Å². The number of aromatic nitrogens is 1. The van der Waals surface area contributed by atoms with Crippen LogP contribution in [0.5, 0.6) is 0 Å². The van der Waals surface area contributed by atoms with E-state index in [0.29, 0.717) is 13.0 Å². The first-order chi connectivity index (χ1) is 20.5. The van der Waals surface area contributed by atoms with Crippen molar-refractivity contribution < 1.29 is 19.5 Å². The third-order valence-electron chi connectivity index (χ3n) is 8.07. The van der Waals surface area contributed by atoms with Gasteiger partial charge >= 0.3 is 0 Å². The molecule has 1 aromatic carbocycles. The van der Waals surface area contributed by atoms with E-state index in [0.717, 1.165) is 60.3 Å². The summed E-state index contributed by atoms with van der Waals surface area (Å²) in [5, 5.41) is 16.3. The minimum Gasteiger partial charge on any atom is -0.391 e. The molecule has 0 radical (unpaired) electrons. The molecule has 238 valence electrons. The molecule has 5 N–H and O–H groups in total. The molecule has 10 heteroatoms. The van der Waals surface area contributed by atoms with Crippen molar-refractivity contribution in [2.24, 2.45) is 11.1 Å². The van der Waals surface area contributed by atoms with Gasteiger partial charge < -0.3 is 26.4 Å². The zero-order chi connectivity index (χ0) is 31.4. The minimum atomic E-state index is -0.800. The van der Waals surface area contributed by atoms with Gasteiger partial charge in [-0.25, -0.2) is 4.98 Å². The second kappa shape index (κ2) is 16.9. The molecular weight excluding hydrogens is 562 g/mol. The topological polar surface area (TPSA) is 138 Å². The average Bonchev–Trinajstić information content (AvgIpc) is 3.58. The smallest absolute Gasteiger partial charge is 0.246 e. The Hall–Kier alpha value is -2.82. The van der Waals surface area contributed by atoms with Crippen LogP contribution in [0.15, 0.2) is 29.8 Å². The van der Waals surface area contributed by atoms with Crippen molar-refractivity contribution in [2.45, 2.75) is 117 Å². The Morgan fingerprint density at radius 3 is 2.26 bits per heavy atom. The Kier molecular flexibility index (Phi) is 13.6. The fraction of sp³-hybridized carbons (Fsp3) is 0.636. The molecule has 0 aliphatic carbocycles. The zero-order valence-electron chi connectivity index (χ0n) is 26.4. The van der Waals surface area contributed by atoms with Crippen LogP contribution in [0.3, 0.4) is 0 Å². The van der Waals surface area contributed by atoms with Gasteiger partial charge in [0.1, 0.15) is 12.1 Å². The first-order valence-electron chi connectivity index (χ1n) is 15.8. The van der Waals surface area contributed by atoms with Crippen LogP contribution in [-0.2, 0) is 20.9 Å². The van der Waals surface area contributed by atoms with Crippen molar-refractivity contribution in [1.82, 2.24) is 20.5 Å². The minimum absolute atomic E-state index is 0.0630. The number of rotatable bonds is 16. The summed E-state index contributed by atoms with van der Waals surface area (Å²) in [5.74, 6) is -0.803. The van der Waals surface area contributed by atoms with Gasteiger partial charge in [-0.2, -0.15) is 0 Å². The van der Waals surface area contributed by atoms with Crippen LogP contribution >= 0.6 is 11.3 Å². The maximum absolute atomic E-state index is 13.8. The highest BCUT2D eigenvalue weighted by molar-refractivity contribution is 7.13. The van der Waals surface area contributed by atoms with E-state index in [9.17, 15) is 19.5 Å². The Bertz CT molecular complexity index is 1180. The predicted octanol–water partition coefficient (Wildman–Crippen LogP) is 4.70. The molecule has 9 nitrogen and oxygen atoms in total. The van der Waals surface area contributed by atoms with Gasteiger partial charge in [-0.05, 0) is 42.9 Å². The maximum Gasteiger partial charge on any atom is 0.246 e. The van der Waals surface area contributed by atoms with Crippen molar-refractivity contribution >= 4 is 29.1 Å². The second-order valence-electron chi connectivity index (χ2n) is 12.8. The summed E-state index contributed by atoms with van der Waals surface area (Å²) in [6.07, 6.45) is 8.40. The molecule has 2 heterocycles. The number of aliphatic hydroxyl groups excluding tert-OH is 1. The molecule has 3 atom stereocenters. The number of carbonyl (C=O) groups is 3. The van der Waals surface area contributed by atoms with Crippen LogP contribution in [0.25, 0.3) is 10.4 Å². The molecule has 1 aromatic heterocycles. The third-order valence-corrected chi connectivity index (χ3v) is 9.05. The maximum atomic E-state index is 13.8. The van der Waals surface area contributed by atoms with E-state index in [1.54, 1.807) is 11.3 Å². The van der Waals surface area contributed by atoms with Gasteiger partial charge in [0.05, 0.1) is 22.2 Å². The van der Waals surface area contributed by atoms with E-state index in [-0.39, 0.29) is 30.7 Å². The molecule has 0 spiro atoms. The molecule has 1 unspecified atom stereocenters. The van der Waals surface area contributed by atoms with Crippen molar-refractivity contribution in [3.63, 3.8) is 0 Å². The lowest BCUT2D eigenvalue weighted by molar-refractivity contribution is -0.144. The van der Waals surface area contributed by atoms with Gasteiger partial charge in [0, 0.05) is 25.9 Å². The molecule has 1 saturated heterocycles. The van der Waals surface area contributed by atoms with E-state index in [4.69, 9.17) is 5.73 Å². The Balaban J connectivity index is 1.52. The van der Waals surface area contributed by atoms with Crippen LogP contribution in [-0.4, -0.2) is 64.0 Å². The lowest BCUT2D eigenvalue weighted by atomic mass is 9.85. The number of hydrogen-bond donors (Lipinski definition) is 4. The summed E-state index contributed by atoms with van der Waals surface area (Å²) in [6.45, 7) is 8.81. The molecule has 2 aromatic rings. The standard InChI is InChI=1S/C33H51N5O4S/c1-23-29(43-22-36-23)25-16-14-24(15-17-25)20-35-31(41)27-19-26(39)21-38(27)32(42)30(33(2,3)4)37-28(40)13-11-9-7-5-6-8-10-12-18-34/h14-17,22,26-27,30,39H,5-13,18-21,34H2,1-4H3,(H,35,41)(H,37,40)/t26-,27+,30?/m1/s1. The largest absolute Gasteiger partial charge is 0.391 e. The number of nitrogens with one attached hydrogen (secondary N) is 2. The number of aliphatic hydroxyl groups is 1. The summed E-state index contributed by atoms with van der Waals surface area (Å²) < 4.78 is 0. The summed E-state index contributed by atoms with van der Waals surface area (Å²) >= 11 is 1.59. The number of likely N-dealkylation sites (tertiary alicyclic amines) is 1. The Labute approximate surface area is 261 Å². The lowest BCUT2D eigenvalue weighted by Gasteiger charge is -2.35. The van der Waals surface area contributed by atoms with Crippen molar-refractivity contribution in [1.29, 1.82) is 0 Å². The quantitative estimate of drug-likeness (QED) is 0.203. The van der Waals surface area contributed by atoms with Crippen LogP contribution in [0.2, 0.25) is 0 Å². The van der Waals surface area contributed by atoms with Crippen LogP contribution in [0.1, 0.15) is 96.2 Å². The summed E-state index contributed by atoms with van der Waals surface area (Å²) in [5.41, 5.74) is 9.80. The van der Waals surface area contributed by atoms with Crippen molar-refractivity contribution in [2.75, 3.05) is 13.1 Å². The SMILES string of the molecule is Cc1ncsc1-c1ccc(CNC(=O)[C@@H]2C[C@@H](O)CN2C(=O)C(NC(=O)CCCCCCCCCCN)C(C)(C)C)cc1. The predicted molar refractivity (Wildman–Crippen MR) is 172 cm³/mol. The number of aryl methyl sites for hydroxylation is 1. The highest BCUT2D eigenvalue weighted by Gasteiger charge is 2.44. The highest BCUT2D eigenvalue weighted by atomic mass is 32.1. The van der Waals surface area contributed by atoms with Gasteiger partial charge in [-0.1, -0.05) is 83.6 Å². The van der Waals surface area contributed by atoms with Crippen LogP contribution < -0.4 is 16.4 Å². The van der Waals surface area contributed by atoms with Crippen molar-refractivity contribution in [3.8, 4) is 10.4 Å². The number of nitrogens with zero attached hydrogens (tertiary/aromatic N) is 2. The number of unbranched alkanes of at least 4 members (excludes halogenated alkanes) is 7. The van der Waals surface area contributed by atoms with E-state index in [1.807, 2.05) is 57.5 Å². The zero-order valence-corrected chi connectivity index (χ0v) is 27.2. The molecule has 1 fully saturated rings. The molecule has 0 bridgehead atoms. The number of hydrogen-bond acceptors (Lipinski definition) is 7. The summed E-state index contributed by atoms with van der Waals surface area (Å²) in [7, 11) is 0. The normalized spacial score (nSPS) is 17.6. The molecule has 0 saturated carbocycles. The second-order valence-corrected chi connectivity index (χ2v) is 13.7. The number of nitrogens with two attached hydrogens (primary N) is 1. The number of β-amino-alcohol motifs (C(OH)–C–C–N with tert-alkyl or cyclic N) is 1. The molecule has 3 rings (SSSR count). The van der Waals surface area contributed by atoms with E-state index >= 15 is 0 Å². The highest BCUT2D eigenvalue weighted by Crippen LogP contribution is 2.28. The average molecular weight is 614 g/mol. The van der Waals surface area contributed by atoms with E-state index in [2.05, 4.69) is 15.6 Å². The Morgan fingerprint density at radius 2 is 1.67 bits per heavy atom. The summed E-state index contributed by atoms with van der Waals surface area (Å²) in [4.78, 5) is 46.8. The third kappa shape index (κ3) is 10.7. The molecule has 43 heavy (non-hydrogen) atoms. The first kappa shape index (κ1) is 34.7. The molecule has 1 aliphatic heterocycles.